The van der Waals surface area contributed by atoms with Gasteiger partial charge in [0.15, 0.2) is 6.61 Å². The number of rotatable bonds is 8. The maximum atomic E-state index is 11.9. The maximum Gasteiger partial charge on any atom is 0.306 e. The number of para-hydroxylation sites is 2. The van der Waals surface area contributed by atoms with Gasteiger partial charge in [0.25, 0.3) is 11.8 Å². The Hall–Kier alpha value is -3.26. The summed E-state index contributed by atoms with van der Waals surface area (Å²) in [5.41, 5.74) is 6.69. The van der Waals surface area contributed by atoms with Crippen molar-refractivity contribution in [1.29, 1.82) is 0 Å². The number of carbonyl (C=O) groups is 3. The van der Waals surface area contributed by atoms with E-state index in [1.54, 1.807) is 29.5 Å². The number of nitrogens with two attached hydrogens (primary N) is 1. The van der Waals surface area contributed by atoms with Gasteiger partial charge >= 0.3 is 5.97 Å². The molecule has 0 aliphatic heterocycles. The molecule has 144 valence electrons. The van der Waals surface area contributed by atoms with Crippen molar-refractivity contribution in [2.24, 2.45) is 5.73 Å². The van der Waals surface area contributed by atoms with E-state index in [0.29, 0.717) is 12.8 Å². The Kier molecular flexibility index (Phi) is 6.33. The van der Waals surface area contributed by atoms with Gasteiger partial charge in [-0.05, 0) is 37.1 Å². The average Bonchev–Trinajstić information content (AvgIpc) is 3.09. The molecule has 0 fully saturated rings. The Labute approximate surface area is 165 Å². The van der Waals surface area contributed by atoms with Crippen LogP contribution in [-0.4, -0.2) is 29.4 Å². The second-order valence-electron chi connectivity index (χ2n) is 6.05. The number of benzene rings is 2. The van der Waals surface area contributed by atoms with Crippen molar-refractivity contribution >= 4 is 45.0 Å². The first-order valence-electron chi connectivity index (χ1n) is 8.71. The van der Waals surface area contributed by atoms with Crippen LogP contribution in [0.1, 0.15) is 28.2 Å². The van der Waals surface area contributed by atoms with E-state index in [2.05, 4.69) is 10.3 Å². The molecule has 28 heavy (non-hydrogen) atoms. The van der Waals surface area contributed by atoms with Crippen LogP contribution in [0, 0.1) is 0 Å². The summed E-state index contributed by atoms with van der Waals surface area (Å²) in [6.45, 7) is -0.424. The first kappa shape index (κ1) is 19.5. The predicted octanol–water partition coefficient (Wildman–Crippen LogP) is 2.90. The maximum absolute atomic E-state index is 11.9. The minimum atomic E-state index is -0.650. The molecule has 2 aromatic carbocycles. The fourth-order valence-electron chi connectivity index (χ4n) is 2.62. The Bertz CT molecular complexity index is 982. The van der Waals surface area contributed by atoms with E-state index in [1.807, 2.05) is 24.3 Å². The number of amides is 2. The number of carbonyl (C=O) groups excluding carboxylic acids is 3. The third-order valence-corrected chi connectivity index (χ3v) is 5.04. The standard InChI is InChI=1S/C20H19N3O4S/c21-20(26)13-6-1-2-7-14(13)22-17(24)12-27-19(25)11-5-10-18-23-15-8-3-4-9-16(15)28-18/h1-4,6-9H,5,10-12H2,(H2,21,26)(H,22,24). The summed E-state index contributed by atoms with van der Waals surface area (Å²) >= 11 is 1.61. The van der Waals surface area contributed by atoms with E-state index in [4.69, 9.17) is 10.5 Å². The number of esters is 1. The Morgan fingerprint density at radius 3 is 2.61 bits per heavy atom. The number of hydrogen-bond donors (Lipinski definition) is 2. The number of aromatic nitrogens is 1. The number of thiazole rings is 1. The topological polar surface area (TPSA) is 111 Å². The summed E-state index contributed by atoms with van der Waals surface area (Å²) in [7, 11) is 0. The van der Waals surface area contributed by atoms with Gasteiger partial charge in [0, 0.05) is 6.42 Å². The largest absolute Gasteiger partial charge is 0.456 e. The molecule has 1 heterocycles. The normalized spacial score (nSPS) is 10.6. The van der Waals surface area contributed by atoms with Crippen LogP contribution < -0.4 is 11.1 Å². The van der Waals surface area contributed by atoms with Crippen molar-refractivity contribution in [3.05, 3.63) is 59.1 Å². The smallest absolute Gasteiger partial charge is 0.306 e. The first-order valence-corrected chi connectivity index (χ1v) is 9.53. The molecular weight excluding hydrogens is 378 g/mol. The number of ether oxygens (including phenoxy) is 1. The Balaban J connectivity index is 1.41. The molecule has 0 unspecified atom stereocenters. The van der Waals surface area contributed by atoms with Crippen molar-refractivity contribution in [1.82, 2.24) is 4.98 Å². The van der Waals surface area contributed by atoms with Crippen LogP contribution in [0.4, 0.5) is 5.69 Å². The number of fused-ring (bicyclic) bond motifs is 1. The molecule has 1 aromatic heterocycles. The lowest BCUT2D eigenvalue weighted by molar-refractivity contribution is -0.147. The molecule has 0 spiro atoms. The summed E-state index contributed by atoms with van der Waals surface area (Å²) in [6, 6.07) is 14.2. The van der Waals surface area contributed by atoms with Gasteiger partial charge in [0.1, 0.15) is 0 Å². The highest BCUT2D eigenvalue weighted by molar-refractivity contribution is 7.18. The minimum Gasteiger partial charge on any atom is -0.456 e. The van der Waals surface area contributed by atoms with Gasteiger partial charge in [-0.15, -0.1) is 11.3 Å². The highest BCUT2D eigenvalue weighted by Gasteiger charge is 2.12. The average molecular weight is 397 g/mol. The van der Waals surface area contributed by atoms with Crippen molar-refractivity contribution in [3.63, 3.8) is 0 Å². The van der Waals surface area contributed by atoms with Crippen LogP contribution in [-0.2, 0) is 20.7 Å². The molecule has 0 aliphatic carbocycles. The zero-order valence-corrected chi connectivity index (χ0v) is 15.8. The highest BCUT2D eigenvalue weighted by Crippen LogP contribution is 2.22. The molecule has 0 saturated carbocycles. The summed E-state index contributed by atoms with van der Waals surface area (Å²) in [4.78, 5) is 39.6. The van der Waals surface area contributed by atoms with Crippen LogP contribution in [0.2, 0.25) is 0 Å². The van der Waals surface area contributed by atoms with Crippen molar-refractivity contribution in [3.8, 4) is 0 Å². The van der Waals surface area contributed by atoms with Crippen LogP contribution in [0.5, 0.6) is 0 Å². The van der Waals surface area contributed by atoms with E-state index < -0.39 is 24.4 Å². The van der Waals surface area contributed by atoms with Gasteiger partial charge in [-0.3, -0.25) is 14.4 Å². The Morgan fingerprint density at radius 1 is 1.07 bits per heavy atom. The molecule has 0 atom stereocenters. The number of primary amides is 1. The second-order valence-corrected chi connectivity index (χ2v) is 7.16. The van der Waals surface area contributed by atoms with Gasteiger partial charge in [-0.25, -0.2) is 4.98 Å². The molecule has 8 heteroatoms. The van der Waals surface area contributed by atoms with Gasteiger partial charge in [-0.1, -0.05) is 24.3 Å². The molecule has 2 amide bonds. The van der Waals surface area contributed by atoms with Gasteiger partial charge in [-0.2, -0.15) is 0 Å². The molecule has 0 radical (unpaired) electrons. The third kappa shape index (κ3) is 5.14. The molecule has 0 saturated heterocycles. The number of anilines is 1. The van der Waals surface area contributed by atoms with Crippen LogP contribution >= 0.6 is 11.3 Å². The van der Waals surface area contributed by atoms with Crippen LogP contribution in [0.25, 0.3) is 10.2 Å². The quantitative estimate of drug-likeness (QED) is 0.568. The van der Waals surface area contributed by atoms with Gasteiger partial charge < -0.3 is 15.8 Å². The zero-order chi connectivity index (χ0) is 19.9. The van der Waals surface area contributed by atoms with E-state index in [9.17, 15) is 14.4 Å². The summed E-state index contributed by atoms with van der Waals surface area (Å²) in [5.74, 6) is -1.64. The molecule has 3 N–H and O–H groups in total. The monoisotopic (exact) mass is 397 g/mol. The zero-order valence-electron chi connectivity index (χ0n) is 15.0. The van der Waals surface area contributed by atoms with E-state index in [-0.39, 0.29) is 17.7 Å². The lowest BCUT2D eigenvalue weighted by Gasteiger charge is -2.09. The minimum absolute atomic E-state index is 0.193. The number of nitrogens with zero attached hydrogens (tertiary/aromatic N) is 1. The Morgan fingerprint density at radius 2 is 1.82 bits per heavy atom. The summed E-state index contributed by atoms with van der Waals surface area (Å²) < 4.78 is 6.11. The van der Waals surface area contributed by atoms with Crippen LogP contribution in [0.15, 0.2) is 48.5 Å². The predicted molar refractivity (Wildman–Crippen MR) is 107 cm³/mol. The van der Waals surface area contributed by atoms with E-state index in [1.165, 1.54) is 6.07 Å². The van der Waals surface area contributed by atoms with E-state index >= 15 is 0 Å². The fraction of sp³-hybridized carbons (Fsp3) is 0.200. The summed E-state index contributed by atoms with van der Waals surface area (Å²) in [6.07, 6.45) is 1.46. The third-order valence-electron chi connectivity index (χ3n) is 3.94. The van der Waals surface area contributed by atoms with Gasteiger partial charge in [0.2, 0.25) is 0 Å². The molecule has 3 rings (SSSR count). The SMILES string of the molecule is NC(=O)c1ccccc1NC(=O)COC(=O)CCCc1nc2ccccc2s1. The molecule has 7 nitrogen and oxygen atoms in total. The molecule has 3 aromatic rings. The fourth-order valence-corrected chi connectivity index (χ4v) is 3.63. The van der Waals surface area contributed by atoms with E-state index in [0.717, 1.165) is 15.2 Å². The lowest BCUT2D eigenvalue weighted by Crippen LogP contribution is -2.23. The molecular formula is C20H19N3O4S. The second kappa shape index (κ2) is 9.09. The lowest BCUT2D eigenvalue weighted by atomic mass is 10.1. The molecule has 0 aliphatic rings. The highest BCUT2D eigenvalue weighted by atomic mass is 32.1. The first-order chi connectivity index (χ1) is 13.5. The van der Waals surface area contributed by atoms with Crippen molar-refractivity contribution in [2.75, 3.05) is 11.9 Å². The van der Waals surface area contributed by atoms with Crippen molar-refractivity contribution < 1.29 is 19.1 Å². The van der Waals surface area contributed by atoms with Crippen molar-refractivity contribution in [2.45, 2.75) is 19.3 Å². The molecule has 0 bridgehead atoms. The van der Waals surface area contributed by atoms with Crippen LogP contribution in [0.3, 0.4) is 0 Å². The number of aryl methyl sites for hydroxylation is 1. The number of nitrogens with one attached hydrogen (secondary N) is 1. The number of hydrogen-bond acceptors (Lipinski definition) is 6. The van der Waals surface area contributed by atoms with Gasteiger partial charge in [0.05, 0.1) is 26.5 Å². The summed E-state index contributed by atoms with van der Waals surface area (Å²) in [5, 5.41) is 3.49.